The lowest BCUT2D eigenvalue weighted by Crippen LogP contribution is -2.32. The van der Waals surface area contributed by atoms with E-state index in [-0.39, 0.29) is 40.5 Å². The highest BCUT2D eigenvalue weighted by molar-refractivity contribution is 6.36. The summed E-state index contributed by atoms with van der Waals surface area (Å²) in [5.41, 5.74) is 1.17. The summed E-state index contributed by atoms with van der Waals surface area (Å²) in [6.45, 7) is -0.0898. The Morgan fingerprint density at radius 1 is 0.742 bits per heavy atom. The number of benzene rings is 3. The second-order valence-corrected chi connectivity index (χ2v) is 7.82. The predicted octanol–water partition coefficient (Wildman–Crippen LogP) is 5.09. The smallest absolute Gasteiger partial charge is 0.261 e. The molecular weight excluding hydrogens is 437 g/mol. The Kier molecular flexibility index (Phi) is 5.72. The summed E-state index contributed by atoms with van der Waals surface area (Å²) in [7, 11) is 0. The van der Waals surface area contributed by atoms with Crippen molar-refractivity contribution >= 4 is 46.6 Å². The number of rotatable bonds is 6. The molecule has 5 nitrogen and oxygen atoms in total. The average molecular weight is 452 g/mol. The van der Waals surface area contributed by atoms with E-state index in [2.05, 4.69) is 0 Å². The lowest BCUT2D eigenvalue weighted by atomic mass is 9.95. The number of hydrogen-bond acceptors (Lipinski definition) is 4. The molecule has 0 saturated heterocycles. The summed E-state index contributed by atoms with van der Waals surface area (Å²) in [6.07, 6.45) is -0.129. The van der Waals surface area contributed by atoms with Crippen molar-refractivity contribution in [3.63, 3.8) is 0 Å². The minimum atomic E-state index is -0.433. The van der Waals surface area contributed by atoms with Crippen LogP contribution in [0.2, 0.25) is 10.0 Å². The van der Waals surface area contributed by atoms with Crippen molar-refractivity contribution in [3.8, 4) is 0 Å². The molecule has 1 aliphatic heterocycles. The molecule has 1 heterocycles. The van der Waals surface area contributed by atoms with E-state index in [1.807, 2.05) is 0 Å². The molecule has 0 bridgehead atoms. The summed E-state index contributed by atoms with van der Waals surface area (Å²) >= 11 is 12.2. The zero-order valence-corrected chi connectivity index (χ0v) is 17.6. The fraction of sp³-hybridized carbons (Fsp3) is 0.0833. The third-order valence-electron chi connectivity index (χ3n) is 5.09. The Bertz CT molecular complexity index is 1220. The number of hydrogen-bond donors (Lipinski definition) is 0. The van der Waals surface area contributed by atoms with Crippen LogP contribution in [0.5, 0.6) is 0 Å². The SMILES string of the molecule is O=C(CCN1C(=O)c2ccccc2C1=O)c1ccc(Cl)cc1C(=O)c1ccccc1Cl. The molecule has 1 aliphatic rings. The molecule has 0 atom stereocenters. The third kappa shape index (κ3) is 3.90. The molecule has 0 saturated carbocycles. The van der Waals surface area contributed by atoms with Crippen molar-refractivity contribution in [3.05, 3.63) is 105 Å². The maximum absolute atomic E-state index is 13.0. The normalized spacial score (nSPS) is 12.8. The lowest BCUT2D eigenvalue weighted by Gasteiger charge is -2.14. The number of ketones is 2. The van der Waals surface area contributed by atoms with Gasteiger partial charge in [-0.05, 0) is 42.5 Å². The predicted molar refractivity (Wildman–Crippen MR) is 117 cm³/mol. The second-order valence-electron chi connectivity index (χ2n) is 6.98. The van der Waals surface area contributed by atoms with E-state index >= 15 is 0 Å². The Morgan fingerprint density at radius 2 is 1.35 bits per heavy atom. The highest BCUT2D eigenvalue weighted by atomic mass is 35.5. The minimum absolute atomic E-state index is 0.0898. The van der Waals surface area contributed by atoms with Gasteiger partial charge in [0.25, 0.3) is 11.8 Å². The molecule has 0 radical (unpaired) electrons. The first-order valence-corrected chi connectivity index (χ1v) is 10.2. The van der Waals surface area contributed by atoms with Crippen LogP contribution in [0.25, 0.3) is 0 Å². The first-order chi connectivity index (χ1) is 14.9. The zero-order valence-electron chi connectivity index (χ0n) is 16.1. The van der Waals surface area contributed by atoms with Crippen LogP contribution in [0.4, 0.5) is 0 Å². The van der Waals surface area contributed by atoms with Crippen LogP contribution in [0, 0.1) is 0 Å². The molecule has 3 aromatic carbocycles. The van der Waals surface area contributed by atoms with Gasteiger partial charge in [0.05, 0.1) is 16.1 Å². The number of amides is 2. The van der Waals surface area contributed by atoms with Crippen molar-refractivity contribution in [1.29, 1.82) is 0 Å². The molecule has 0 aromatic heterocycles. The monoisotopic (exact) mass is 451 g/mol. The van der Waals surface area contributed by atoms with Crippen LogP contribution in [-0.4, -0.2) is 34.8 Å². The van der Waals surface area contributed by atoms with Crippen LogP contribution in [0.3, 0.4) is 0 Å². The molecule has 31 heavy (non-hydrogen) atoms. The van der Waals surface area contributed by atoms with Crippen LogP contribution >= 0.6 is 23.2 Å². The molecule has 0 unspecified atom stereocenters. The Hall–Kier alpha value is -3.28. The summed E-state index contributed by atoms with van der Waals surface area (Å²) < 4.78 is 0. The third-order valence-corrected chi connectivity index (χ3v) is 5.65. The van der Waals surface area contributed by atoms with E-state index in [9.17, 15) is 19.2 Å². The number of Topliss-reactive ketones (excluding diaryl/α,β-unsaturated/α-hetero) is 1. The second kappa shape index (κ2) is 8.46. The van der Waals surface area contributed by atoms with E-state index in [1.165, 1.54) is 18.2 Å². The summed E-state index contributed by atoms with van der Waals surface area (Å²) in [6, 6.07) is 17.5. The fourth-order valence-electron chi connectivity index (χ4n) is 3.53. The molecule has 7 heteroatoms. The Balaban J connectivity index is 1.58. The van der Waals surface area contributed by atoms with Crippen LogP contribution in [0.15, 0.2) is 66.7 Å². The molecule has 0 N–H and O–H groups in total. The number of imide groups is 1. The van der Waals surface area contributed by atoms with Crippen LogP contribution in [0.1, 0.15) is 53.4 Å². The van der Waals surface area contributed by atoms with Crippen molar-refractivity contribution in [2.75, 3.05) is 6.54 Å². The van der Waals surface area contributed by atoms with Crippen LogP contribution in [-0.2, 0) is 0 Å². The van der Waals surface area contributed by atoms with Crippen molar-refractivity contribution < 1.29 is 19.2 Å². The van der Waals surface area contributed by atoms with Crippen molar-refractivity contribution in [2.45, 2.75) is 6.42 Å². The summed E-state index contributed by atoms with van der Waals surface area (Å²) in [5.74, 6) is -1.69. The first kappa shape index (κ1) is 21.0. The zero-order chi connectivity index (χ0) is 22.1. The van der Waals surface area contributed by atoms with Gasteiger partial charge in [-0.25, -0.2) is 0 Å². The molecule has 2 amide bonds. The molecular formula is C24H15Cl2NO4. The van der Waals surface area contributed by atoms with Gasteiger partial charge in [-0.3, -0.25) is 24.1 Å². The molecule has 0 spiro atoms. The van der Waals surface area contributed by atoms with Crippen LogP contribution < -0.4 is 0 Å². The van der Waals surface area contributed by atoms with Gasteiger partial charge in [-0.15, -0.1) is 0 Å². The van der Waals surface area contributed by atoms with Crippen molar-refractivity contribution in [1.82, 2.24) is 4.90 Å². The van der Waals surface area contributed by atoms with E-state index < -0.39 is 17.6 Å². The van der Waals surface area contributed by atoms with E-state index in [0.29, 0.717) is 16.1 Å². The van der Waals surface area contributed by atoms with Gasteiger partial charge < -0.3 is 0 Å². The van der Waals surface area contributed by atoms with Gasteiger partial charge in [-0.1, -0.05) is 47.5 Å². The maximum atomic E-state index is 13.0. The number of fused-ring (bicyclic) bond motifs is 1. The number of carbonyl (C=O) groups excluding carboxylic acids is 4. The molecule has 4 rings (SSSR count). The van der Waals surface area contributed by atoms with Gasteiger partial charge in [0.15, 0.2) is 11.6 Å². The topological polar surface area (TPSA) is 71.5 Å². The molecule has 154 valence electrons. The standard InChI is InChI=1S/C24H15Cl2NO4/c25-14-9-10-15(19(13-14)22(29)18-7-3-4-8-20(18)26)21(28)11-12-27-23(30)16-5-1-2-6-17(16)24(27)31/h1-10,13H,11-12H2. The largest absolute Gasteiger partial charge is 0.294 e. The summed E-state index contributed by atoms with van der Waals surface area (Å²) in [4.78, 5) is 52.1. The minimum Gasteiger partial charge on any atom is -0.294 e. The van der Waals surface area contributed by atoms with Gasteiger partial charge >= 0.3 is 0 Å². The molecule has 0 fully saturated rings. The lowest BCUT2D eigenvalue weighted by molar-refractivity contribution is 0.0649. The number of halogens is 2. The summed E-state index contributed by atoms with van der Waals surface area (Å²) in [5, 5.41) is 0.559. The van der Waals surface area contributed by atoms with Gasteiger partial charge in [-0.2, -0.15) is 0 Å². The van der Waals surface area contributed by atoms with E-state index in [1.54, 1.807) is 48.5 Å². The first-order valence-electron chi connectivity index (χ1n) is 9.45. The Morgan fingerprint density at radius 3 is 2.00 bits per heavy atom. The van der Waals surface area contributed by atoms with E-state index in [4.69, 9.17) is 23.2 Å². The van der Waals surface area contributed by atoms with E-state index in [0.717, 1.165) is 4.90 Å². The highest BCUT2D eigenvalue weighted by Crippen LogP contribution is 2.26. The van der Waals surface area contributed by atoms with Crippen molar-refractivity contribution in [2.24, 2.45) is 0 Å². The maximum Gasteiger partial charge on any atom is 0.261 e. The quantitative estimate of drug-likeness (QED) is 0.386. The molecule has 0 aliphatic carbocycles. The van der Waals surface area contributed by atoms with Gasteiger partial charge in [0.1, 0.15) is 0 Å². The van der Waals surface area contributed by atoms with Gasteiger partial charge in [0.2, 0.25) is 0 Å². The fourth-order valence-corrected chi connectivity index (χ4v) is 3.92. The van der Waals surface area contributed by atoms with Gasteiger partial charge in [0, 0.05) is 34.7 Å². The highest BCUT2D eigenvalue weighted by Gasteiger charge is 2.35. The molecule has 3 aromatic rings. The number of carbonyl (C=O) groups is 4. The Labute approximate surface area is 188 Å². The average Bonchev–Trinajstić information content (AvgIpc) is 3.02. The number of nitrogens with zero attached hydrogens (tertiary/aromatic N) is 1.